The van der Waals surface area contributed by atoms with Gasteiger partial charge in [-0.3, -0.25) is 4.68 Å². The second-order valence-electron chi connectivity index (χ2n) is 4.57. The first kappa shape index (κ1) is 13.7. The third-order valence-corrected chi connectivity index (χ3v) is 3.43. The molecule has 0 fully saturated rings. The van der Waals surface area contributed by atoms with Gasteiger partial charge in [0.15, 0.2) is 11.6 Å². The zero-order chi connectivity index (χ0) is 14.2. The van der Waals surface area contributed by atoms with E-state index in [4.69, 9.17) is 0 Å². The van der Waals surface area contributed by atoms with Crippen molar-refractivity contribution < 1.29 is 8.78 Å². The summed E-state index contributed by atoms with van der Waals surface area (Å²) < 4.78 is 29.1. The van der Waals surface area contributed by atoms with Crippen LogP contribution in [-0.4, -0.2) is 16.8 Å². The number of halogens is 2. The topological polar surface area (TPSA) is 29.9 Å². The Hall–Kier alpha value is -1.75. The van der Waals surface area contributed by atoms with Gasteiger partial charge in [0.2, 0.25) is 0 Å². The maximum Gasteiger partial charge on any atom is 0.163 e. The van der Waals surface area contributed by atoms with Crippen molar-refractivity contribution in [1.29, 1.82) is 0 Å². The molecule has 19 heavy (non-hydrogen) atoms. The molecule has 0 saturated heterocycles. The summed E-state index contributed by atoms with van der Waals surface area (Å²) in [6.07, 6.45) is 0. The molecule has 1 atom stereocenters. The van der Waals surface area contributed by atoms with Crippen LogP contribution in [0.1, 0.15) is 28.6 Å². The summed E-state index contributed by atoms with van der Waals surface area (Å²) in [5, 5.41) is 7.36. The van der Waals surface area contributed by atoms with E-state index in [0.29, 0.717) is 5.56 Å². The van der Waals surface area contributed by atoms with Crippen LogP contribution in [0.15, 0.2) is 18.2 Å². The van der Waals surface area contributed by atoms with E-state index in [1.165, 1.54) is 6.07 Å². The van der Waals surface area contributed by atoms with Crippen LogP contribution in [-0.2, 0) is 7.05 Å². The lowest BCUT2D eigenvalue weighted by Gasteiger charge is -2.18. The summed E-state index contributed by atoms with van der Waals surface area (Å²) in [5.41, 5.74) is 2.92. The van der Waals surface area contributed by atoms with Crippen molar-refractivity contribution in [2.24, 2.45) is 7.05 Å². The molecule has 0 aliphatic carbocycles. The number of hydrogen-bond donors (Lipinski definition) is 1. The molecular formula is C14H17F2N3. The molecule has 1 heterocycles. The Kier molecular flexibility index (Phi) is 3.66. The fourth-order valence-electron chi connectivity index (χ4n) is 2.41. The van der Waals surface area contributed by atoms with Gasteiger partial charge >= 0.3 is 0 Å². The molecule has 0 spiro atoms. The average Bonchev–Trinajstić information content (AvgIpc) is 2.62. The molecule has 1 aromatic heterocycles. The first-order valence-corrected chi connectivity index (χ1v) is 6.08. The summed E-state index contributed by atoms with van der Waals surface area (Å²) in [5.74, 6) is -1.65. The van der Waals surface area contributed by atoms with Crippen LogP contribution in [0.2, 0.25) is 0 Å². The molecule has 5 heteroatoms. The molecule has 102 valence electrons. The minimum Gasteiger partial charge on any atom is -0.309 e. The van der Waals surface area contributed by atoms with E-state index < -0.39 is 17.7 Å². The normalized spacial score (nSPS) is 12.7. The SMILES string of the molecule is CNC(c1cccc(F)c1F)c1c(C)nn(C)c1C. The van der Waals surface area contributed by atoms with Gasteiger partial charge in [-0.2, -0.15) is 5.10 Å². The quantitative estimate of drug-likeness (QED) is 0.924. The fraction of sp³-hybridized carbons (Fsp3) is 0.357. The van der Waals surface area contributed by atoms with E-state index >= 15 is 0 Å². The highest BCUT2D eigenvalue weighted by Crippen LogP contribution is 2.29. The highest BCUT2D eigenvalue weighted by atomic mass is 19.2. The molecule has 0 aliphatic rings. The number of aromatic nitrogens is 2. The first-order valence-electron chi connectivity index (χ1n) is 6.08. The lowest BCUT2D eigenvalue weighted by Crippen LogP contribution is -2.21. The van der Waals surface area contributed by atoms with Gasteiger partial charge in [-0.15, -0.1) is 0 Å². The number of aryl methyl sites for hydroxylation is 2. The van der Waals surface area contributed by atoms with Gasteiger partial charge in [0, 0.05) is 23.9 Å². The summed E-state index contributed by atoms with van der Waals surface area (Å²) in [4.78, 5) is 0. The molecule has 2 rings (SSSR count). The molecule has 2 aromatic rings. The van der Waals surface area contributed by atoms with Crippen molar-refractivity contribution in [1.82, 2.24) is 15.1 Å². The van der Waals surface area contributed by atoms with Crippen LogP contribution in [0.3, 0.4) is 0 Å². The highest BCUT2D eigenvalue weighted by Gasteiger charge is 2.24. The Morgan fingerprint density at radius 1 is 1.26 bits per heavy atom. The monoisotopic (exact) mass is 265 g/mol. The maximum atomic E-state index is 14.0. The lowest BCUT2D eigenvalue weighted by atomic mass is 9.96. The standard InChI is InChI=1S/C14H17F2N3/c1-8-12(9(2)19(4)18-8)14(17-3)10-6-5-7-11(15)13(10)16/h5-7,14,17H,1-4H3. The van der Waals surface area contributed by atoms with E-state index in [0.717, 1.165) is 23.0 Å². The number of benzene rings is 1. The lowest BCUT2D eigenvalue weighted by molar-refractivity contribution is 0.486. The predicted octanol–water partition coefficient (Wildman–Crippen LogP) is 2.62. The van der Waals surface area contributed by atoms with Crippen LogP contribution < -0.4 is 5.32 Å². The molecule has 1 N–H and O–H groups in total. The molecule has 0 aliphatic heterocycles. The molecule has 0 bridgehead atoms. The smallest absolute Gasteiger partial charge is 0.163 e. The van der Waals surface area contributed by atoms with E-state index in [9.17, 15) is 8.78 Å². The number of nitrogens with zero attached hydrogens (tertiary/aromatic N) is 2. The minimum absolute atomic E-state index is 0.293. The predicted molar refractivity (Wildman–Crippen MR) is 69.9 cm³/mol. The third-order valence-electron chi connectivity index (χ3n) is 3.43. The molecule has 0 saturated carbocycles. The van der Waals surface area contributed by atoms with Crippen LogP contribution in [0.5, 0.6) is 0 Å². The van der Waals surface area contributed by atoms with Gasteiger partial charge in [-0.1, -0.05) is 12.1 Å². The van der Waals surface area contributed by atoms with Crippen molar-refractivity contribution in [3.8, 4) is 0 Å². The first-order chi connectivity index (χ1) is 8.97. The van der Waals surface area contributed by atoms with Crippen molar-refractivity contribution in [3.63, 3.8) is 0 Å². The molecule has 1 unspecified atom stereocenters. The number of rotatable bonds is 3. The highest BCUT2D eigenvalue weighted by molar-refractivity contribution is 5.37. The van der Waals surface area contributed by atoms with Crippen LogP contribution in [0.25, 0.3) is 0 Å². The Balaban J connectivity index is 2.60. The average molecular weight is 265 g/mol. The zero-order valence-corrected chi connectivity index (χ0v) is 11.5. The molecular weight excluding hydrogens is 248 g/mol. The second kappa shape index (κ2) is 5.09. The van der Waals surface area contributed by atoms with Crippen LogP contribution >= 0.6 is 0 Å². The van der Waals surface area contributed by atoms with E-state index in [2.05, 4.69) is 10.4 Å². The van der Waals surface area contributed by atoms with Gasteiger partial charge in [0.1, 0.15) is 0 Å². The number of nitrogens with one attached hydrogen (secondary N) is 1. The molecule has 0 radical (unpaired) electrons. The van der Waals surface area contributed by atoms with Crippen molar-refractivity contribution >= 4 is 0 Å². The van der Waals surface area contributed by atoms with Gasteiger partial charge < -0.3 is 5.32 Å². The largest absolute Gasteiger partial charge is 0.309 e. The maximum absolute atomic E-state index is 14.0. The van der Waals surface area contributed by atoms with Gasteiger partial charge in [-0.25, -0.2) is 8.78 Å². The van der Waals surface area contributed by atoms with Crippen molar-refractivity contribution in [2.75, 3.05) is 7.05 Å². The molecule has 3 nitrogen and oxygen atoms in total. The summed E-state index contributed by atoms with van der Waals surface area (Å²) in [6.45, 7) is 3.78. The molecule has 0 amide bonds. The summed E-state index contributed by atoms with van der Waals surface area (Å²) in [7, 11) is 3.56. The van der Waals surface area contributed by atoms with Crippen LogP contribution in [0.4, 0.5) is 8.78 Å². The summed E-state index contributed by atoms with van der Waals surface area (Å²) in [6, 6.07) is 3.81. The Bertz CT molecular complexity index is 605. The van der Waals surface area contributed by atoms with Gasteiger partial charge in [0.05, 0.1) is 11.7 Å². The van der Waals surface area contributed by atoms with Crippen LogP contribution in [0, 0.1) is 25.5 Å². The minimum atomic E-state index is -0.836. The van der Waals surface area contributed by atoms with E-state index in [1.807, 2.05) is 20.9 Å². The van der Waals surface area contributed by atoms with Crippen molar-refractivity contribution in [3.05, 3.63) is 52.3 Å². The van der Waals surface area contributed by atoms with Gasteiger partial charge in [0.25, 0.3) is 0 Å². The van der Waals surface area contributed by atoms with E-state index in [1.54, 1.807) is 17.8 Å². The third kappa shape index (κ3) is 2.26. The van der Waals surface area contributed by atoms with E-state index in [-0.39, 0.29) is 0 Å². The van der Waals surface area contributed by atoms with Crippen molar-refractivity contribution in [2.45, 2.75) is 19.9 Å². The zero-order valence-electron chi connectivity index (χ0n) is 11.5. The Morgan fingerprint density at radius 3 is 2.47 bits per heavy atom. The van der Waals surface area contributed by atoms with Gasteiger partial charge in [-0.05, 0) is 27.0 Å². The second-order valence-corrected chi connectivity index (χ2v) is 4.57. The number of hydrogen-bond acceptors (Lipinski definition) is 2. The Morgan fingerprint density at radius 2 is 1.95 bits per heavy atom. The Labute approximate surface area is 111 Å². The summed E-state index contributed by atoms with van der Waals surface area (Å²) >= 11 is 0. The fourth-order valence-corrected chi connectivity index (χ4v) is 2.41. The molecule has 1 aromatic carbocycles.